The predicted molar refractivity (Wildman–Crippen MR) is 102 cm³/mol. The second-order valence-corrected chi connectivity index (χ2v) is 5.84. The number of hydrogen-bond acceptors (Lipinski definition) is 5. The standard InChI is InChI=1S/C20H14F3N3O3/c21-20(22,23)15-9-10-18(19(12-15)26(27)28)25-24-13-14-5-4-8-17(11-14)29-16-6-2-1-3-7-16/h1-13,25H/b24-13+. The number of rotatable bonds is 6. The van der Waals surface area contributed by atoms with Crippen molar-refractivity contribution in [2.45, 2.75) is 6.18 Å². The number of nitro benzene ring substituents is 1. The van der Waals surface area contributed by atoms with Gasteiger partial charge in [0.1, 0.15) is 17.2 Å². The molecule has 0 bridgehead atoms. The summed E-state index contributed by atoms with van der Waals surface area (Å²) in [5.74, 6) is 1.21. The number of hydrogen-bond donors (Lipinski definition) is 1. The molecule has 0 saturated carbocycles. The van der Waals surface area contributed by atoms with Gasteiger partial charge in [-0.05, 0) is 42.0 Å². The predicted octanol–water partition coefficient (Wildman–Crippen LogP) is 5.85. The highest BCUT2D eigenvalue weighted by Crippen LogP contribution is 2.35. The van der Waals surface area contributed by atoms with Gasteiger partial charge in [-0.3, -0.25) is 15.5 Å². The van der Waals surface area contributed by atoms with Gasteiger partial charge < -0.3 is 4.74 Å². The first kappa shape index (κ1) is 19.9. The number of benzene rings is 3. The molecule has 29 heavy (non-hydrogen) atoms. The minimum absolute atomic E-state index is 0.157. The molecule has 0 spiro atoms. The van der Waals surface area contributed by atoms with E-state index in [9.17, 15) is 23.3 Å². The molecule has 3 rings (SSSR count). The van der Waals surface area contributed by atoms with Crippen molar-refractivity contribution >= 4 is 17.6 Å². The molecule has 0 aliphatic rings. The third kappa shape index (κ3) is 5.32. The molecule has 0 atom stereocenters. The van der Waals surface area contributed by atoms with Crippen LogP contribution in [0.25, 0.3) is 0 Å². The summed E-state index contributed by atoms with van der Waals surface area (Å²) in [6.45, 7) is 0. The average molecular weight is 401 g/mol. The maximum Gasteiger partial charge on any atom is 0.416 e. The topological polar surface area (TPSA) is 76.8 Å². The van der Waals surface area contributed by atoms with Crippen LogP contribution in [-0.4, -0.2) is 11.1 Å². The molecule has 0 radical (unpaired) electrons. The van der Waals surface area contributed by atoms with Gasteiger partial charge in [0.2, 0.25) is 0 Å². The molecular formula is C20H14F3N3O3. The zero-order chi connectivity index (χ0) is 20.9. The van der Waals surface area contributed by atoms with Crippen LogP contribution in [0.3, 0.4) is 0 Å². The van der Waals surface area contributed by atoms with Crippen LogP contribution in [0.4, 0.5) is 24.5 Å². The van der Waals surface area contributed by atoms with E-state index < -0.39 is 22.4 Å². The maximum absolute atomic E-state index is 12.7. The lowest BCUT2D eigenvalue weighted by Gasteiger charge is -2.08. The first-order valence-corrected chi connectivity index (χ1v) is 8.30. The lowest BCUT2D eigenvalue weighted by atomic mass is 10.1. The summed E-state index contributed by atoms with van der Waals surface area (Å²) in [6, 6.07) is 18.2. The van der Waals surface area contributed by atoms with Crippen molar-refractivity contribution < 1.29 is 22.8 Å². The van der Waals surface area contributed by atoms with E-state index in [1.165, 1.54) is 6.21 Å². The Morgan fingerprint density at radius 1 is 0.966 bits per heavy atom. The minimum atomic E-state index is -4.67. The van der Waals surface area contributed by atoms with E-state index >= 15 is 0 Å². The highest BCUT2D eigenvalue weighted by Gasteiger charge is 2.33. The molecule has 1 N–H and O–H groups in total. The second kappa shape index (κ2) is 8.42. The lowest BCUT2D eigenvalue weighted by molar-refractivity contribution is -0.384. The van der Waals surface area contributed by atoms with E-state index in [0.717, 1.165) is 12.1 Å². The maximum atomic E-state index is 12.7. The summed E-state index contributed by atoms with van der Waals surface area (Å²) < 4.78 is 43.9. The number of nitrogens with zero attached hydrogens (tertiary/aromatic N) is 2. The number of nitrogens with one attached hydrogen (secondary N) is 1. The number of para-hydroxylation sites is 1. The van der Waals surface area contributed by atoms with Crippen LogP contribution in [0.2, 0.25) is 0 Å². The van der Waals surface area contributed by atoms with E-state index in [1.54, 1.807) is 36.4 Å². The molecular weight excluding hydrogens is 387 g/mol. The van der Waals surface area contributed by atoms with E-state index in [1.807, 2.05) is 18.2 Å². The van der Waals surface area contributed by atoms with E-state index in [0.29, 0.717) is 23.1 Å². The number of halogens is 3. The monoisotopic (exact) mass is 401 g/mol. The van der Waals surface area contributed by atoms with Gasteiger partial charge >= 0.3 is 6.18 Å². The number of alkyl halides is 3. The molecule has 0 aliphatic carbocycles. The van der Waals surface area contributed by atoms with Crippen LogP contribution in [0, 0.1) is 10.1 Å². The van der Waals surface area contributed by atoms with Crippen LogP contribution >= 0.6 is 0 Å². The number of hydrazone groups is 1. The van der Waals surface area contributed by atoms with Gasteiger partial charge in [0, 0.05) is 6.07 Å². The van der Waals surface area contributed by atoms with Crippen molar-refractivity contribution in [2.75, 3.05) is 5.43 Å². The summed E-state index contributed by atoms with van der Waals surface area (Å²) in [5, 5.41) is 15.0. The Balaban J connectivity index is 1.74. The molecule has 6 nitrogen and oxygen atoms in total. The SMILES string of the molecule is O=[N+]([O-])c1cc(C(F)(F)F)ccc1N/N=C/c1cccc(Oc2ccccc2)c1. The summed E-state index contributed by atoms with van der Waals surface area (Å²) >= 11 is 0. The van der Waals surface area contributed by atoms with Crippen molar-refractivity contribution in [3.8, 4) is 11.5 Å². The van der Waals surface area contributed by atoms with E-state index in [2.05, 4.69) is 10.5 Å². The molecule has 9 heteroatoms. The fraction of sp³-hybridized carbons (Fsp3) is 0.0500. The van der Waals surface area contributed by atoms with Gasteiger partial charge in [0.25, 0.3) is 5.69 Å². The second-order valence-electron chi connectivity index (χ2n) is 5.84. The van der Waals surface area contributed by atoms with Crippen molar-refractivity contribution in [1.82, 2.24) is 0 Å². The highest BCUT2D eigenvalue weighted by atomic mass is 19.4. The van der Waals surface area contributed by atoms with Gasteiger partial charge in [-0.25, -0.2) is 0 Å². The minimum Gasteiger partial charge on any atom is -0.457 e. The Kier molecular flexibility index (Phi) is 5.77. The zero-order valence-corrected chi connectivity index (χ0v) is 14.8. The first-order valence-electron chi connectivity index (χ1n) is 8.30. The molecule has 0 heterocycles. The number of anilines is 1. The van der Waals surface area contributed by atoms with Crippen molar-refractivity contribution in [2.24, 2.45) is 5.10 Å². The first-order chi connectivity index (χ1) is 13.8. The van der Waals surface area contributed by atoms with Gasteiger partial charge in [0.15, 0.2) is 0 Å². The van der Waals surface area contributed by atoms with Gasteiger partial charge in [-0.15, -0.1) is 0 Å². The zero-order valence-electron chi connectivity index (χ0n) is 14.8. The molecule has 0 unspecified atom stereocenters. The Hall–Kier alpha value is -3.88. The van der Waals surface area contributed by atoms with E-state index in [4.69, 9.17) is 4.74 Å². The van der Waals surface area contributed by atoms with Crippen molar-refractivity contribution in [3.05, 3.63) is 94.0 Å². The normalized spacial score (nSPS) is 11.4. The Morgan fingerprint density at radius 2 is 1.69 bits per heavy atom. The summed E-state index contributed by atoms with van der Waals surface area (Å²) in [6.07, 6.45) is -3.30. The lowest BCUT2D eigenvalue weighted by Crippen LogP contribution is -2.06. The molecule has 0 aromatic heterocycles. The summed E-state index contributed by atoms with van der Waals surface area (Å²) in [5.41, 5.74) is 1.05. The van der Waals surface area contributed by atoms with Crippen LogP contribution < -0.4 is 10.2 Å². The van der Waals surface area contributed by atoms with Gasteiger partial charge in [-0.2, -0.15) is 18.3 Å². The van der Waals surface area contributed by atoms with Crippen molar-refractivity contribution in [3.63, 3.8) is 0 Å². The average Bonchev–Trinajstić information content (AvgIpc) is 2.68. The molecule has 0 amide bonds. The Morgan fingerprint density at radius 3 is 2.38 bits per heavy atom. The largest absolute Gasteiger partial charge is 0.457 e. The van der Waals surface area contributed by atoms with Crippen LogP contribution in [0.15, 0.2) is 77.9 Å². The third-order valence-electron chi connectivity index (χ3n) is 3.76. The molecule has 3 aromatic carbocycles. The Bertz CT molecular complexity index is 1040. The molecule has 0 saturated heterocycles. The number of nitro groups is 1. The molecule has 0 aliphatic heterocycles. The van der Waals surface area contributed by atoms with Crippen LogP contribution in [0.1, 0.15) is 11.1 Å². The number of ether oxygens (including phenoxy) is 1. The summed E-state index contributed by atoms with van der Waals surface area (Å²) in [7, 11) is 0. The molecule has 3 aromatic rings. The van der Waals surface area contributed by atoms with Crippen molar-refractivity contribution in [1.29, 1.82) is 0 Å². The van der Waals surface area contributed by atoms with Gasteiger partial charge in [0.05, 0.1) is 16.7 Å². The summed E-state index contributed by atoms with van der Waals surface area (Å²) in [4.78, 5) is 10.2. The third-order valence-corrected chi connectivity index (χ3v) is 3.76. The smallest absolute Gasteiger partial charge is 0.416 e. The highest BCUT2D eigenvalue weighted by molar-refractivity contribution is 5.81. The quantitative estimate of drug-likeness (QED) is 0.319. The molecule has 148 valence electrons. The van der Waals surface area contributed by atoms with Crippen LogP contribution in [0.5, 0.6) is 11.5 Å². The van der Waals surface area contributed by atoms with Gasteiger partial charge in [-0.1, -0.05) is 30.3 Å². The fourth-order valence-electron chi connectivity index (χ4n) is 2.41. The van der Waals surface area contributed by atoms with Crippen LogP contribution in [-0.2, 0) is 6.18 Å². The molecule has 0 fully saturated rings. The van der Waals surface area contributed by atoms with E-state index in [-0.39, 0.29) is 5.69 Å². The fourth-order valence-corrected chi connectivity index (χ4v) is 2.41. The Labute approximate surface area is 163 Å².